The molecule has 2 aromatic rings. The Bertz CT molecular complexity index is 979. The summed E-state index contributed by atoms with van der Waals surface area (Å²) in [5.74, 6) is 0. The minimum Gasteiger partial charge on any atom is -0.464 e. The summed E-state index contributed by atoms with van der Waals surface area (Å²) in [6, 6.07) is 0. The third kappa shape index (κ3) is 4.91. The van der Waals surface area contributed by atoms with Crippen LogP contribution >= 0.6 is 11.3 Å². The summed E-state index contributed by atoms with van der Waals surface area (Å²) in [5, 5.41) is 8.74. The Kier molecular flexibility index (Phi) is 6.85. The first-order chi connectivity index (χ1) is 13.1. The molecule has 0 saturated carbocycles. The average Bonchev–Trinajstić information content (AvgIpc) is 2.90. The average molecular weight is 424 g/mol. The van der Waals surface area contributed by atoms with Gasteiger partial charge in [-0.05, 0) is 12.5 Å². The zero-order valence-corrected chi connectivity index (χ0v) is 15.9. The molecule has 0 aliphatic heterocycles. The number of aryl methyl sites for hydroxylation is 2. The lowest BCUT2D eigenvalue weighted by Gasteiger charge is -2.13. The van der Waals surface area contributed by atoms with Crippen LogP contribution in [0.15, 0.2) is 9.59 Å². The number of hydrogen-bond donors (Lipinski definition) is 3. The molecule has 0 saturated heterocycles. The second-order valence-corrected chi connectivity index (χ2v) is 6.95. The molecular formula is C15H19F3N4O5S. The smallest absolute Gasteiger partial charge is 0.419 e. The molecule has 3 N–H and O–H groups in total. The van der Waals surface area contributed by atoms with Gasteiger partial charge in [-0.2, -0.15) is 13.2 Å². The molecule has 0 aliphatic carbocycles. The summed E-state index contributed by atoms with van der Waals surface area (Å²) in [4.78, 5) is 36.6. The van der Waals surface area contributed by atoms with Crippen LogP contribution in [-0.4, -0.2) is 40.2 Å². The number of nitrogens with one attached hydrogen (secondary N) is 2. The van der Waals surface area contributed by atoms with Crippen molar-refractivity contribution in [3.05, 3.63) is 31.3 Å². The lowest BCUT2D eigenvalue weighted by atomic mass is 10.2. The first-order valence-corrected chi connectivity index (χ1v) is 8.91. The van der Waals surface area contributed by atoms with Gasteiger partial charge in [0.2, 0.25) is 0 Å². The maximum Gasteiger partial charge on any atom is 0.419 e. The summed E-state index contributed by atoms with van der Waals surface area (Å²) >= 11 is 0.969. The van der Waals surface area contributed by atoms with Gasteiger partial charge in [0.1, 0.15) is 4.83 Å². The van der Waals surface area contributed by atoms with E-state index in [0.717, 1.165) is 20.5 Å². The van der Waals surface area contributed by atoms with Gasteiger partial charge in [0.25, 0.3) is 5.56 Å². The number of halogens is 3. The largest absolute Gasteiger partial charge is 0.464 e. The van der Waals surface area contributed by atoms with E-state index in [1.54, 1.807) is 6.92 Å². The van der Waals surface area contributed by atoms with Crippen molar-refractivity contribution in [2.45, 2.75) is 39.2 Å². The van der Waals surface area contributed by atoms with E-state index in [-0.39, 0.29) is 29.9 Å². The van der Waals surface area contributed by atoms with Crippen LogP contribution in [0.25, 0.3) is 10.2 Å². The van der Waals surface area contributed by atoms with Gasteiger partial charge in [-0.3, -0.25) is 19.4 Å². The van der Waals surface area contributed by atoms with Crippen LogP contribution in [0, 0.1) is 6.92 Å². The molecule has 0 bridgehead atoms. The molecule has 0 aromatic carbocycles. The summed E-state index contributed by atoms with van der Waals surface area (Å²) in [7, 11) is 1.38. The van der Waals surface area contributed by atoms with Crippen molar-refractivity contribution in [3.63, 3.8) is 0 Å². The molecule has 2 heterocycles. The fourth-order valence-electron chi connectivity index (χ4n) is 2.62. The van der Waals surface area contributed by atoms with E-state index < -0.39 is 36.5 Å². The van der Waals surface area contributed by atoms with Crippen LogP contribution in [0.3, 0.4) is 0 Å². The molecule has 0 radical (unpaired) electrons. The highest BCUT2D eigenvalue weighted by molar-refractivity contribution is 7.18. The first-order valence-electron chi connectivity index (χ1n) is 8.10. The Labute approximate surface area is 160 Å². The van der Waals surface area contributed by atoms with Gasteiger partial charge in [0.15, 0.2) is 0 Å². The zero-order valence-electron chi connectivity index (χ0n) is 15.1. The van der Waals surface area contributed by atoms with E-state index in [0.29, 0.717) is 10.4 Å². The number of thiophene rings is 1. The van der Waals surface area contributed by atoms with Crippen LogP contribution in [0.1, 0.15) is 16.9 Å². The number of rotatable bonds is 8. The van der Waals surface area contributed by atoms with Crippen LogP contribution in [-0.2, 0) is 24.4 Å². The Hall–Kier alpha value is -2.38. The van der Waals surface area contributed by atoms with Crippen LogP contribution in [0.5, 0.6) is 0 Å². The predicted molar refractivity (Wildman–Crippen MR) is 95.6 cm³/mol. The lowest BCUT2D eigenvalue weighted by Crippen LogP contribution is -2.41. The lowest BCUT2D eigenvalue weighted by molar-refractivity contribution is -0.136. The standard InChI is InChI=1S/C15H19F3N4O5S/c1-8-9(7-19-20-13(24)25)28-12-10(8)11(23)21(5-6-27-2)14(26)22(12)4-3-15(16,17)18/h19-20H,3-7H2,1-2H3,(H,24,25). The fraction of sp³-hybridized carbons (Fsp3) is 0.533. The topological polar surface area (TPSA) is 115 Å². The van der Waals surface area contributed by atoms with Gasteiger partial charge in [0, 0.05) is 25.1 Å². The highest BCUT2D eigenvalue weighted by Crippen LogP contribution is 2.29. The molecule has 13 heteroatoms. The van der Waals surface area contributed by atoms with Gasteiger partial charge in [-0.15, -0.1) is 11.3 Å². The highest BCUT2D eigenvalue weighted by atomic mass is 32.1. The number of hydrazine groups is 1. The van der Waals surface area contributed by atoms with Gasteiger partial charge >= 0.3 is 18.0 Å². The van der Waals surface area contributed by atoms with Crippen LogP contribution < -0.4 is 22.1 Å². The van der Waals surface area contributed by atoms with E-state index in [2.05, 4.69) is 5.43 Å². The SMILES string of the molecule is COCCn1c(=O)c2c(C)c(CNNC(=O)O)sc2n(CCC(F)(F)F)c1=O. The van der Waals surface area contributed by atoms with Crippen molar-refractivity contribution in [2.24, 2.45) is 0 Å². The quantitative estimate of drug-likeness (QED) is 0.552. The van der Waals surface area contributed by atoms with E-state index in [1.807, 2.05) is 5.43 Å². The Morgan fingerprint density at radius 2 is 1.93 bits per heavy atom. The zero-order chi connectivity index (χ0) is 21.1. The molecule has 156 valence electrons. The monoisotopic (exact) mass is 424 g/mol. The molecule has 9 nitrogen and oxygen atoms in total. The molecule has 2 rings (SSSR count). The molecule has 0 fully saturated rings. The number of hydrogen-bond acceptors (Lipinski definition) is 6. The minimum absolute atomic E-state index is 0.00243. The third-order valence-electron chi connectivity index (χ3n) is 3.98. The van der Waals surface area contributed by atoms with E-state index in [4.69, 9.17) is 9.84 Å². The van der Waals surface area contributed by atoms with Gasteiger partial charge in [-0.25, -0.2) is 15.0 Å². The summed E-state index contributed by atoms with van der Waals surface area (Å²) in [5.41, 5.74) is 3.38. The number of aromatic nitrogens is 2. The van der Waals surface area contributed by atoms with Crippen molar-refractivity contribution in [3.8, 4) is 0 Å². The maximum absolute atomic E-state index is 12.8. The van der Waals surface area contributed by atoms with Crippen molar-refractivity contribution >= 4 is 27.6 Å². The number of carboxylic acid groups (broad SMARTS) is 1. The number of ether oxygens (including phenoxy) is 1. The molecule has 2 aromatic heterocycles. The number of nitrogens with zero attached hydrogens (tertiary/aromatic N) is 2. The van der Waals surface area contributed by atoms with Crippen molar-refractivity contribution < 1.29 is 27.8 Å². The van der Waals surface area contributed by atoms with Crippen LogP contribution in [0.4, 0.5) is 18.0 Å². The second kappa shape index (κ2) is 8.75. The molecule has 28 heavy (non-hydrogen) atoms. The molecular weight excluding hydrogens is 405 g/mol. The van der Waals surface area contributed by atoms with E-state index >= 15 is 0 Å². The Balaban J connectivity index is 2.60. The normalized spacial score (nSPS) is 11.9. The number of alkyl halides is 3. The molecule has 0 unspecified atom stereocenters. The Morgan fingerprint density at radius 3 is 2.50 bits per heavy atom. The number of fused-ring (bicyclic) bond motifs is 1. The number of carbonyl (C=O) groups is 1. The van der Waals surface area contributed by atoms with Crippen molar-refractivity contribution in [1.82, 2.24) is 20.0 Å². The highest BCUT2D eigenvalue weighted by Gasteiger charge is 2.28. The molecule has 1 amide bonds. The molecule has 0 spiro atoms. The van der Waals surface area contributed by atoms with Gasteiger partial charge < -0.3 is 9.84 Å². The third-order valence-corrected chi connectivity index (χ3v) is 5.29. The van der Waals surface area contributed by atoms with Crippen molar-refractivity contribution in [1.29, 1.82) is 0 Å². The number of amides is 1. The predicted octanol–water partition coefficient (Wildman–Crippen LogP) is 1.40. The summed E-state index contributed by atoms with van der Waals surface area (Å²) < 4.78 is 44.8. The minimum atomic E-state index is -4.47. The van der Waals surface area contributed by atoms with Gasteiger partial charge in [-0.1, -0.05) is 0 Å². The maximum atomic E-state index is 12.8. The van der Waals surface area contributed by atoms with Gasteiger partial charge in [0.05, 0.1) is 25.0 Å². The summed E-state index contributed by atoms with van der Waals surface area (Å²) in [6.45, 7) is 0.908. The Morgan fingerprint density at radius 1 is 1.25 bits per heavy atom. The molecule has 0 aliphatic rings. The van der Waals surface area contributed by atoms with E-state index in [1.165, 1.54) is 7.11 Å². The first kappa shape index (κ1) is 21.9. The molecule has 0 atom stereocenters. The van der Waals surface area contributed by atoms with E-state index in [9.17, 15) is 27.6 Å². The fourth-order valence-corrected chi connectivity index (χ4v) is 3.88. The number of methoxy groups -OCH3 is 1. The van der Waals surface area contributed by atoms with Crippen molar-refractivity contribution in [2.75, 3.05) is 13.7 Å². The van der Waals surface area contributed by atoms with Crippen LogP contribution in [0.2, 0.25) is 0 Å². The second-order valence-electron chi connectivity index (χ2n) is 5.86. The summed E-state index contributed by atoms with van der Waals surface area (Å²) in [6.07, 6.45) is -7.01.